The summed E-state index contributed by atoms with van der Waals surface area (Å²) in [5.41, 5.74) is 2.38. The van der Waals surface area contributed by atoms with E-state index in [1.54, 1.807) is 11.3 Å². The zero-order valence-electron chi connectivity index (χ0n) is 8.59. The lowest BCUT2D eigenvalue weighted by atomic mass is 10.1. The quantitative estimate of drug-likeness (QED) is 0.456. The average Bonchev–Trinajstić information content (AvgIpc) is 2.61. The van der Waals surface area contributed by atoms with Crippen molar-refractivity contribution < 1.29 is 0 Å². The SMILES string of the molecule is ClC(Cc1ccc(Br)cc1)c1cc(Br)sc1Br. The maximum Gasteiger partial charge on any atom is 0.0757 e. The molecule has 1 unspecified atom stereocenters. The maximum atomic E-state index is 6.44. The molecular formula is C12H8Br3ClS. The molecule has 0 radical (unpaired) electrons. The first kappa shape index (κ1) is 14.1. The molecule has 0 N–H and O–H groups in total. The fourth-order valence-electron chi connectivity index (χ4n) is 1.50. The van der Waals surface area contributed by atoms with Crippen molar-refractivity contribution in [3.63, 3.8) is 0 Å². The van der Waals surface area contributed by atoms with Crippen molar-refractivity contribution >= 4 is 70.7 Å². The predicted molar refractivity (Wildman–Crippen MR) is 86.2 cm³/mol. The molecular weight excluding hydrogens is 451 g/mol. The van der Waals surface area contributed by atoms with Gasteiger partial charge in [0.2, 0.25) is 0 Å². The van der Waals surface area contributed by atoms with Gasteiger partial charge in [-0.05, 0) is 67.6 Å². The molecule has 0 saturated carbocycles. The molecule has 0 aliphatic rings. The predicted octanol–water partition coefficient (Wildman–Crippen LogP) is 6.56. The minimum Gasteiger partial charge on any atom is -0.121 e. The number of alkyl halides is 1. The van der Waals surface area contributed by atoms with E-state index in [1.165, 1.54) is 5.56 Å². The summed E-state index contributed by atoms with van der Waals surface area (Å²) >= 11 is 18.5. The van der Waals surface area contributed by atoms with E-state index in [0.717, 1.165) is 24.0 Å². The molecule has 0 aliphatic heterocycles. The Morgan fingerprint density at radius 1 is 1.12 bits per heavy atom. The Bertz CT molecular complexity index is 507. The number of thiophene rings is 1. The summed E-state index contributed by atoms with van der Waals surface area (Å²) in [6.45, 7) is 0. The summed E-state index contributed by atoms with van der Waals surface area (Å²) in [4.78, 5) is 0. The van der Waals surface area contributed by atoms with Crippen molar-refractivity contribution in [1.82, 2.24) is 0 Å². The van der Waals surface area contributed by atoms with Gasteiger partial charge < -0.3 is 0 Å². The molecule has 90 valence electrons. The van der Waals surface area contributed by atoms with Crippen LogP contribution in [0, 0.1) is 0 Å². The minimum absolute atomic E-state index is 0.00639. The lowest BCUT2D eigenvalue weighted by molar-refractivity contribution is 0.920. The van der Waals surface area contributed by atoms with Crippen LogP contribution in [0.3, 0.4) is 0 Å². The van der Waals surface area contributed by atoms with Gasteiger partial charge >= 0.3 is 0 Å². The molecule has 1 aromatic heterocycles. The number of halogens is 4. The van der Waals surface area contributed by atoms with Gasteiger partial charge in [-0.3, -0.25) is 0 Å². The van der Waals surface area contributed by atoms with Gasteiger partial charge in [0.25, 0.3) is 0 Å². The highest BCUT2D eigenvalue weighted by Crippen LogP contribution is 2.39. The highest BCUT2D eigenvalue weighted by molar-refractivity contribution is 9.12. The van der Waals surface area contributed by atoms with Crippen molar-refractivity contribution in [2.45, 2.75) is 11.8 Å². The van der Waals surface area contributed by atoms with Gasteiger partial charge in [0, 0.05) is 4.47 Å². The average molecular weight is 459 g/mol. The molecule has 0 amide bonds. The van der Waals surface area contributed by atoms with Crippen LogP contribution < -0.4 is 0 Å². The van der Waals surface area contributed by atoms with Crippen molar-refractivity contribution in [1.29, 1.82) is 0 Å². The first-order valence-electron chi connectivity index (χ1n) is 4.89. The number of hydrogen-bond acceptors (Lipinski definition) is 1. The smallest absolute Gasteiger partial charge is 0.0757 e. The highest BCUT2D eigenvalue weighted by Gasteiger charge is 2.15. The molecule has 0 bridgehead atoms. The summed E-state index contributed by atoms with van der Waals surface area (Å²) in [5.74, 6) is 0. The lowest BCUT2D eigenvalue weighted by Crippen LogP contribution is -1.94. The number of rotatable bonds is 3. The van der Waals surface area contributed by atoms with Gasteiger partial charge in [-0.15, -0.1) is 22.9 Å². The van der Waals surface area contributed by atoms with E-state index < -0.39 is 0 Å². The molecule has 0 spiro atoms. The van der Waals surface area contributed by atoms with Gasteiger partial charge in [-0.2, -0.15) is 0 Å². The van der Waals surface area contributed by atoms with Crippen molar-refractivity contribution in [2.75, 3.05) is 0 Å². The topological polar surface area (TPSA) is 0 Å². The Morgan fingerprint density at radius 2 is 1.76 bits per heavy atom. The van der Waals surface area contributed by atoms with Crippen molar-refractivity contribution in [3.8, 4) is 0 Å². The maximum absolute atomic E-state index is 6.44. The molecule has 0 nitrogen and oxygen atoms in total. The van der Waals surface area contributed by atoms with E-state index in [0.29, 0.717) is 0 Å². The van der Waals surface area contributed by atoms with E-state index in [4.69, 9.17) is 11.6 Å². The summed E-state index contributed by atoms with van der Waals surface area (Å²) in [5, 5.41) is -0.00639. The van der Waals surface area contributed by atoms with E-state index in [2.05, 4.69) is 66.0 Å². The Hall–Kier alpha value is 0.650. The minimum atomic E-state index is -0.00639. The van der Waals surface area contributed by atoms with E-state index in [1.807, 2.05) is 12.1 Å². The van der Waals surface area contributed by atoms with Crippen LogP contribution in [0.2, 0.25) is 0 Å². The third kappa shape index (κ3) is 3.80. The molecule has 5 heteroatoms. The molecule has 2 aromatic rings. The normalized spacial score (nSPS) is 12.7. The third-order valence-corrected chi connectivity index (χ3v) is 5.65. The van der Waals surface area contributed by atoms with Gasteiger partial charge in [0.15, 0.2) is 0 Å². The Labute approximate surface area is 135 Å². The molecule has 17 heavy (non-hydrogen) atoms. The first-order chi connectivity index (χ1) is 8.06. The second-order valence-corrected chi connectivity index (χ2v) is 8.77. The largest absolute Gasteiger partial charge is 0.121 e. The van der Waals surface area contributed by atoms with Crippen LogP contribution in [-0.2, 0) is 6.42 Å². The van der Waals surface area contributed by atoms with Crippen LogP contribution in [-0.4, -0.2) is 0 Å². The second kappa shape index (κ2) is 6.20. The number of benzene rings is 1. The molecule has 1 heterocycles. The Kier molecular flexibility index (Phi) is 5.13. The summed E-state index contributed by atoms with van der Waals surface area (Å²) in [6.07, 6.45) is 0.830. The monoisotopic (exact) mass is 456 g/mol. The van der Waals surface area contributed by atoms with Crippen LogP contribution in [0.25, 0.3) is 0 Å². The highest BCUT2D eigenvalue weighted by atomic mass is 79.9. The van der Waals surface area contributed by atoms with Gasteiger partial charge in [0.05, 0.1) is 12.9 Å². The summed E-state index contributed by atoms with van der Waals surface area (Å²) in [6, 6.07) is 10.3. The Balaban J connectivity index is 2.14. The van der Waals surface area contributed by atoms with E-state index >= 15 is 0 Å². The fourth-order valence-corrected chi connectivity index (χ4v) is 5.29. The van der Waals surface area contributed by atoms with Crippen LogP contribution >= 0.6 is 70.7 Å². The van der Waals surface area contributed by atoms with E-state index in [-0.39, 0.29) is 5.38 Å². The summed E-state index contributed by atoms with van der Waals surface area (Å²) in [7, 11) is 0. The first-order valence-corrected chi connectivity index (χ1v) is 8.52. The third-order valence-electron chi connectivity index (χ3n) is 2.35. The van der Waals surface area contributed by atoms with E-state index in [9.17, 15) is 0 Å². The lowest BCUT2D eigenvalue weighted by Gasteiger charge is -2.08. The molecule has 0 aliphatic carbocycles. The van der Waals surface area contributed by atoms with Crippen LogP contribution in [0.15, 0.2) is 42.4 Å². The molecule has 0 saturated heterocycles. The summed E-state index contributed by atoms with van der Waals surface area (Å²) < 4.78 is 3.29. The van der Waals surface area contributed by atoms with Crippen LogP contribution in [0.1, 0.15) is 16.5 Å². The zero-order valence-corrected chi connectivity index (χ0v) is 14.9. The molecule has 0 fully saturated rings. The van der Waals surface area contributed by atoms with Crippen LogP contribution in [0.4, 0.5) is 0 Å². The standard InChI is InChI=1S/C12H8Br3ClS/c13-8-3-1-7(2-4-8)5-10(16)9-6-11(14)17-12(9)15/h1-4,6,10H,5H2. The van der Waals surface area contributed by atoms with Gasteiger partial charge in [0.1, 0.15) is 0 Å². The fraction of sp³-hybridized carbons (Fsp3) is 0.167. The molecule has 1 aromatic carbocycles. The van der Waals surface area contributed by atoms with Gasteiger partial charge in [-0.25, -0.2) is 0 Å². The number of hydrogen-bond donors (Lipinski definition) is 0. The zero-order chi connectivity index (χ0) is 12.4. The van der Waals surface area contributed by atoms with Crippen LogP contribution in [0.5, 0.6) is 0 Å². The van der Waals surface area contributed by atoms with Gasteiger partial charge in [-0.1, -0.05) is 28.1 Å². The van der Waals surface area contributed by atoms with Crippen molar-refractivity contribution in [3.05, 3.63) is 53.5 Å². The molecule has 2 rings (SSSR count). The van der Waals surface area contributed by atoms with Crippen molar-refractivity contribution in [2.24, 2.45) is 0 Å². The molecule has 1 atom stereocenters. The Morgan fingerprint density at radius 3 is 2.29 bits per heavy atom. The second-order valence-electron chi connectivity index (χ2n) is 3.58.